The van der Waals surface area contributed by atoms with Crippen LogP contribution in [0, 0.1) is 0 Å². The predicted octanol–water partition coefficient (Wildman–Crippen LogP) is 1.91. The number of hydrogen-bond donors (Lipinski definition) is 1. The largest absolute Gasteiger partial charge is 0.444 e. The van der Waals surface area contributed by atoms with Crippen molar-refractivity contribution < 1.29 is 71.1 Å². The maximum atomic E-state index is 11.5. The maximum Gasteiger partial charge on any atom is 0.407 e. The highest BCUT2D eigenvalue weighted by Crippen LogP contribution is 2.06. The van der Waals surface area contributed by atoms with Crippen molar-refractivity contribution in [2.24, 2.45) is 0 Å². The van der Waals surface area contributed by atoms with Crippen LogP contribution in [0.25, 0.3) is 0 Å². The lowest BCUT2D eigenvalue weighted by Crippen LogP contribution is -2.34. The third-order valence-corrected chi connectivity index (χ3v) is 5.61. The van der Waals surface area contributed by atoms with E-state index >= 15 is 0 Å². The summed E-state index contributed by atoms with van der Waals surface area (Å²) in [5, 5.41) is 2.63. The lowest BCUT2D eigenvalue weighted by molar-refractivity contribution is -0.0288. The molecule has 16 heteroatoms. The zero-order chi connectivity index (χ0) is 36.5. The van der Waals surface area contributed by atoms with Gasteiger partial charge in [-0.15, -0.1) is 6.58 Å². The molecule has 0 fully saturated rings. The van der Waals surface area contributed by atoms with Crippen molar-refractivity contribution in [1.29, 1.82) is 0 Å². The monoisotopic (exact) mass is 729 g/mol. The Morgan fingerprint density at radius 2 is 0.640 bits per heavy atom. The molecule has 0 saturated heterocycles. The number of carbonyl (C=O) groups excluding carboxylic acids is 1. The van der Waals surface area contributed by atoms with Crippen LogP contribution in [0.5, 0.6) is 0 Å². The van der Waals surface area contributed by atoms with Crippen molar-refractivity contribution in [1.82, 2.24) is 5.32 Å². The quantitative estimate of drug-likeness (QED) is 0.0718. The van der Waals surface area contributed by atoms with Gasteiger partial charge in [0.1, 0.15) is 5.60 Å². The molecule has 0 unspecified atom stereocenters. The third-order valence-electron chi connectivity index (χ3n) is 5.61. The number of carbonyl (C=O) groups is 1. The van der Waals surface area contributed by atoms with Gasteiger partial charge in [0.2, 0.25) is 0 Å². The fourth-order valence-corrected chi connectivity index (χ4v) is 3.35. The molecule has 1 N–H and O–H groups in total. The Morgan fingerprint density at radius 1 is 0.420 bits per heavy atom. The van der Waals surface area contributed by atoms with Gasteiger partial charge in [0.15, 0.2) is 0 Å². The molecule has 0 aromatic rings. The molecule has 0 aromatic carbocycles. The molecular weight excluding hydrogens is 662 g/mol. The second kappa shape index (κ2) is 40.3. The number of hydrogen-bond acceptors (Lipinski definition) is 15. The molecule has 0 atom stereocenters. The Morgan fingerprint density at radius 3 is 0.860 bits per heavy atom. The van der Waals surface area contributed by atoms with E-state index in [1.54, 1.807) is 6.08 Å². The molecule has 0 spiro atoms. The van der Waals surface area contributed by atoms with Gasteiger partial charge in [-0.05, 0) is 20.8 Å². The summed E-state index contributed by atoms with van der Waals surface area (Å²) in [5.74, 6) is 0. The standard InChI is InChI=1S/C34H67NO15/c1-5-7-37-9-11-39-13-15-41-17-19-43-21-23-45-25-27-47-29-31-49-32-30-48-28-26-46-24-22-44-20-18-42-16-14-40-12-10-38-8-6-35-33(36)50-34(2,3)4/h5H,1,6-32H2,2-4H3,(H,35,36). The Labute approximate surface area is 299 Å². The molecule has 0 aliphatic carbocycles. The lowest BCUT2D eigenvalue weighted by Gasteiger charge is -2.19. The van der Waals surface area contributed by atoms with Crippen LogP contribution in [0.15, 0.2) is 12.7 Å². The highest BCUT2D eigenvalue weighted by molar-refractivity contribution is 5.67. The van der Waals surface area contributed by atoms with E-state index in [1.807, 2.05) is 20.8 Å². The second-order valence-electron chi connectivity index (χ2n) is 11.1. The molecule has 298 valence electrons. The molecule has 0 rings (SSSR count). The molecule has 0 saturated carbocycles. The van der Waals surface area contributed by atoms with Crippen LogP contribution in [0.3, 0.4) is 0 Å². The minimum absolute atomic E-state index is 0.381. The molecule has 50 heavy (non-hydrogen) atoms. The van der Waals surface area contributed by atoms with Gasteiger partial charge in [0, 0.05) is 6.54 Å². The van der Waals surface area contributed by atoms with E-state index in [-0.39, 0.29) is 0 Å². The topological polar surface area (TPSA) is 158 Å². The molecule has 16 nitrogen and oxygen atoms in total. The van der Waals surface area contributed by atoms with Crippen LogP contribution in [-0.4, -0.2) is 190 Å². The van der Waals surface area contributed by atoms with Gasteiger partial charge in [0.05, 0.1) is 172 Å². The van der Waals surface area contributed by atoms with Crippen molar-refractivity contribution in [3.63, 3.8) is 0 Å². The van der Waals surface area contributed by atoms with Gasteiger partial charge in [0.25, 0.3) is 0 Å². The molecule has 0 radical (unpaired) electrons. The van der Waals surface area contributed by atoms with Crippen LogP contribution >= 0.6 is 0 Å². The summed E-state index contributed by atoms with van der Waals surface area (Å²) in [6.45, 7) is 22.3. The molecule has 0 aromatic heterocycles. The average Bonchev–Trinajstić information content (AvgIpc) is 3.08. The number of amides is 1. The fraction of sp³-hybridized carbons (Fsp3) is 0.912. The van der Waals surface area contributed by atoms with Crippen LogP contribution in [0.2, 0.25) is 0 Å². The first-order valence-electron chi connectivity index (χ1n) is 17.5. The van der Waals surface area contributed by atoms with Crippen molar-refractivity contribution in [2.75, 3.05) is 178 Å². The summed E-state index contributed by atoms with van der Waals surface area (Å²) >= 11 is 0. The smallest absolute Gasteiger partial charge is 0.407 e. The van der Waals surface area contributed by atoms with Crippen LogP contribution in [0.1, 0.15) is 20.8 Å². The summed E-state index contributed by atoms with van der Waals surface area (Å²) in [4.78, 5) is 11.5. The highest BCUT2D eigenvalue weighted by Gasteiger charge is 2.15. The van der Waals surface area contributed by atoms with E-state index in [1.165, 1.54) is 0 Å². The zero-order valence-electron chi connectivity index (χ0n) is 31.0. The minimum atomic E-state index is -0.513. The molecular formula is C34H67NO15. The van der Waals surface area contributed by atoms with Crippen LogP contribution in [0.4, 0.5) is 4.79 Å². The Kier molecular flexibility index (Phi) is 39.0. The Hall–Kier alpha value is -1.51. The summed E-state index contributed by atoms with van der Waals surface area (Å²) in [5.41, 5.74) is -0.513. The number of nitrogens with one attached hydrogen (secondary N) is 1. The first-order valence-corrected chi connectivity index (χ1v) is 17.5. The fourth-order valence-electron chi connectivity index (χ4n) is 3.35. The predicted molar refractivity (Wildman–Crippen MR) is 185 cm³/mol. The maximum absolute atomic E-state index is 11.5. The van der Waals surface area contributed by atoms with Crippen molar-refractivity contribution in [3.8, 4) is 0 Å². The number of rotatable bonds is 41. The van der Waals surface area contributed by atoms with Gasteiger partial charge >= 0.3 is 6.09 Å². The average molecular weight is 730 g/mol. The SMILES string of the molecule is C=CCOCCOCCOCCOCCOCCOCCOCCOCCOCCOCCOCCOCCOCCNC(=O)OC(C)(C)C. The molecule has 0 heterocycles. The Balaban J connectivity index is 3.09. The van der Waals surface area contributed by atoms with Gasteiger partial charge in [-0.25, -0.2) is 4.79 Å². The van der Waals surface area contributed by atoms with Crippen molar-refractivity contribution >= 4 is 6.09 Å². The highest BCUT2D eigenvalue weighted by atomic mass is 16.6. The van der Waals surface area contributed by atoms with E-state index in [0.29, 0.717) is 178 Å². The van der Waals surface area contributed by atoms with Crippen molar-refractivity contribution in [3.05, 3.63) is 12.7 Å². The first-order chi connectivity index (χ1) is 24.5. The van der Waals surface area contributed by atoms with E-state index in [0.717, 1.165) is 0 Å². The first kappa shape index (κ1) is 48.5. The second-order valence-corrected chi connectivity index (χ2v) is 11.1. The molecule has 0 bridgehead atoms. The number of ether oxygens (including phenoxy) is 14. The minimum Gasteiger partial charge on any atom is -0.444 e. The van der Waals surface area contributed by atoms with Crippen molar-refractivity contribution in [2.45, 2.75) is 26.4 Å². The Bertz CT molecular complexity index is 700. The van der Waals surface area contributed by atoms with Crippen LogP contribution in [-0.2, 0) is 66.3 Å². The van der Waals surface area contributed by atoms with E-state index in [9.17, 15) is 4.79 Å². The summed E-state index contributed by atoms with van der Waals surface area (Å²) < 4.78 is 75.7. The normalized spacial score (nSPS) is 11.7. The van der Waals surface area contributed by atoms with E-state index in [2.05, 4.69) is 11.9 Å². The summed E-state index contributed by atoms with van der Waals surface area (Å²) in [7, 11) is 0. The molecule has 0 aliphatic heterocycles. The number of alkyl carbamates (subject to hydrolysis) is 1. The van der Waals surface area contributed by atoms with Crippen LogP contribution < -0.4 is 5.32 Å². The molecule has 0 aliphatic rings. The van der Waals surface area contributed by atoms with E-state index < -0.39 is 11.7 Å². The van der Waals surface area contributed by atoms with Gasteiger partial charge in [-0.1, -0.05) is 6.08 Å². The third kappa shape index (κ3) is 44.5. The lowest BCUT2D eigenvalue weighted by atomic mass is 10.2. The van der Waals surface area contributed by atoms with Gasteiger partial charge < -0.3 is 71.6 Å². The zero-order valence-corrected chi connectivity index (χ0v) is 31.0. The summed E-state index contributed by atoms with van der Waals surface area (Å²) in [6.07, 6.45) is 1.25. The van der Waals surface area contributed by atoms with E-state index in [4.69, 9.17) is 66.3 Å². The van der Waals surface area contributed by atoms with Gasteiger partial charge in [-0.3, -0.25) is 0 Å². The summed E-state index contributed by atoms with van der Waals surface area (Å²) in [6, 6.07) is 0. The molecule has 1 amide bonds. The van der Waals surface area contributed by atoms with Gasteiger partial charge in [-0.2, -0.15) is 0 Å².